The smallest absolute Gasteiger partial charge is 0.338 e. The van der Waals surface area contributed by atoms with E-state index in [4.69, 9.17) is 31.0 Å². The van der Waals surface area contributed by atoms with Crippen molar-refractivity contribution in [3.8, 4) is 18.2 Å². The maximum atomic E-state index is 12.7. The quantitative estimate of drug-likeness (QED) is 0.196. The van der Waals surface area contributed by atoms with Crippen LogP contribution in [0.4, 0.5) is 0 Å². The number of nitrogens with zero attached hydrogens (tertiary/aromatic N) is 3. The van der Waals surface area contributed by atoms with Crippen molar-refractivity contribution in [3.05, 3.63) is 52.1 Å². The van der Waals surface area contributed by atoms with Gasteiger partial charge < -0.3 is 9.84 Å². The summed E-state index contributed by atoms with van der Waals surface area (Å²) in [6.07, 6.45) is 0. The highest BCUT2D eigenvalue weighted by atomic mass is 16.5. The molecular formula is C17H10N4O4. The molecule has 0 heterocycles. The van der Waals surface area contributed by atoms with Crippen LogP contribution in [0.1, 0.15) is 20.7 Å². The van der Waals surface area contributed by atoms with Gasteiger partial charge in [0.25, 0.3) is 0 Å². The molecule has 1 aromatic rings. The second kappa shape index (κ2) is 9.19. The summed E-state index contributed by atoms with van der Waals surface area (Å²) in [4.78, 5) is 24.8. The van der Waals surface area contributed by atoms with Crippen LogP contribution in [0.25, 0.3) is 0 Å². The van der Waals surface area contributed by atoms with Crippen LogP contribution in [0.3, 0.4) is 0 Å². The summed E-state index contributed by atoms with van der Waals surface area (Å²) >= 11 is 0. The lowest BCUT2D eigenvalue weighted by atomic mass is 9.91. The van der Waals surface area contributed by atoms with Gasteiger partial charge >= 0.3 is 5.97 Å². The number of ketones is 1. The molecule has 0 fully saturated rings. The number of nitriles is 3. The Bertz CT molecular complexity index is 903. The van der Waals surface area contributed by atoms with Crippen LogP contribution >= 0.6 is 0 Å². The molecule has 1 rings (SSSR count). The molecule has 0 bridgehead atoms. The Kier molecular flexibility index (Phi) is 7.00. The number of hydrogen-bond donors (Lipinski definition) is 2. The van der Waals surface area contributed by atoms with Crippen molar-refractivity contribution in [2.45, 2.75) is 0 Å². The SMILES string of the molecule is N#CC(=C=N)C(C(=O)c1ccccc1C(=O)OCCO)=C(C#N)C#N. The van der Waals surface area contributed by atoms with E-state index in [1.54, 1.807) is 5.87 Å². The molecule has 0 atom stereocenters. The lowest BCUT2D eigenvalue weighted by Crippen LogP contribution is -2.16. The van der Waals surface area contributed by atoms with Gasteiger partial charge in [0.05, 0.1) is 17.7 Å². The molecule has 0 saturated carbocycles. The van der Waals surface area contributed by atoms with Gasteiger partial charge in [-0.2, -0.15) is 15.8 Å². The lowest BCUT2D eigenvalue weighted by Gasteiger charge is -2.09. The Morgan fingerprint density at radius 3 is 2.16 bits per heavy atom. The minimum atomic E-state index is -0.967. The number of aliphatic hydroxyl groups is 1. The molecule has 0 aliphatic heterocycles. The van der Waals surface area contributed by atoms with Gasteiger partial charge in [-0.05, 0) is 11.9 Å². The average Bonchev–Trinajstić information content (AvgIpc) is 2.66. The van der Waals surface area contributed by atoms with Crippen molar-refractivity contribution >= 4 is 17.6 Å². The summed E-state index contributed by atoms with van der Waals surface area (Å²) in [7, 11) is 0. The van der Waals surface area contributed by atoms with Gasteiger partial charge in [0, 0.05) is 5.56 Å². The molecule has 8 nitrogen and oxygen atoms in total. The van der Waals surface area contributed by atoms with E-state index < -0.39 is 35.1 Å². The maximum absolute atomic E-state index is 12.7. The van der Waals surface area contributed by atoms with E-state index in [1.807, 2.05) is 0 Å². The fourth-order valence-corrected chi connectivity index (χ4v) is 1.85. The summed E-state index contributed by atoms with van der Waals surface area (Å²) in [5, 5.41) is 42.9. The molecule has 0 unspecified atom stereocenters. The molecule has 1 aromatic carbocycles. The molecule has 8 heteroatoms. The summed E-state index contributed by atoms with van der Waals surface area (Å²) in [6.45, 7) is -0.690. The van der Waals surface area contributed by atoms with Crippen molar-refractivity contribution in [2.75, 3.05) is 13.2 Å². The second-order valence-electron chi connectivity index (χ2n) is 4.32. The largest absolute Gasteiger partial charge is 0.460 e. The molecule has 25 heavy (non-hydrogen) atoms. The molecule has 0 aliphatic rings. The first-order valence-corrected chi connectivity index (χ1v) is 6.72. The first-order valence-electron chi connectivity index (χ1n) is 6.72. The van der Waals surface area contributed by atoms with E-state index in [0.717, 1.165) is 0 Å². The third-order valence-electron chi connectivity index (χ3n) is 2.90. The lowest BCUT2D eigenvalue weighted by molar-refractivity contribution is 0.0431. The minimum Gasteiger partial charge on any atom is -0.460 e. The molecule has 122 valence electrons. The number of rotatable bonds is 6. The van der Waals surface area contributed by atoms with Gasteiger partial charge in [-0.25, -0.2) is 4.79 Å². The topological polar surface area (TPSA) is 159 Å². The van der Waals surface area contributed by atoms with Crippen LogP contribution in [-0.4, -0.2) is 35.9 Å². The van der Waals surface area contributed by atoms with Crippen molar-refractivity contribution in [2.24, 2.45) is 0 Å². The van der Waals surface area contributed by atoms with Crippen molar-refractivity contribution < 1.29 is 19.4 Å². The van der Waals surface area contributed by atoms with Gasteiger partial charge in [-0.1, -0.05) is 18.2 Å². The first-order chi connectivity index (χ1) is 12.0. The maximum Gasteiger partial charge on any atom is 0.338 e. The van der Waals surface area contributed by atoms with Crippen LogP contribution < -0.4 is 0 Å². The number of carbonyl (C=O) groups is 2. The van der Waals surface area contributed by atoms with Crippen molar-refractivity contribution in [3.63, 3.8) is 0 Å². The van der Waals surface area contributed by atoms with Crippen molar-refractivity contribution in [1.82, 2.24) is 0 Å². The minimum absolute atomic E-state index is 0.170. The molecule has 0 saturated heterocycles. The summed E-state index contributed by atoms with van der Waals surface area (Å²) < 4.78 is 4.76. The fraction of sp³-hybridized carbons (Fsp3) is 0.118. The Hall–Kier alpha value is -4.02. The van der Waals surface area contributed by atoms with Crippen LogP contribution in [0, 0.1) is 39.4 Å². The van der Waals surface area contributed by atoms with Crippen LogP contribution in [-0.2, 0) is 4.74 Å². The van der Waals surface area contributed by atoms with Gasteiger partial charge in [-0.3, -0.25) is 10.2 Å². The van der Waals surface area contributed by atoms with Gasteiger partial charge in [0.15, 0.2) is 5.78 Å². The number of esters is 1. The predicted molar refractivity (Wildman–Crippen MR) is 83.2 cm³/mol. The zero-order valence-corrected chi connectivity index (χ0v) is 12.7. The third kappa shape index (κ3) is 4.25. The van der Waals surface area contributed by atoms with Crippen LogP contribution in [0.5, 0.6) is 0 Å². The molecule has 0 aliphatic carbocycles. The van der Waals surface area contributed by atoms with E-state index in [-0.39, 0.29) is 17.7 Å². The standard InChI is InChI=1S/C17H10N4O4/c18-7-11(8-19)15(12(9-20)10-21)16(23)13-3-1-2-4-14(13)17(24)25-6-5-22/h1-4,18,22H,5-6H2. The van der Waals surface area contributed by atoms with Gasteiger partial charge in [-0.15, -0.1) is 0 Å². The van der Waals surface area contributed by atoms with Crippen molar-refractivity contribution in [1.29, 1.82) is 21.2 Å². The van der Waals surface area contributed by atoms with Crippen LogP contribution in [0.2, 0.25) is 0 Å². The molecule has 0 aromatic heterocycles. The summed E-state index contributed by atoms with van der Waals surface area (Å²) in [6, 6.07) is 9.93. The average molecular weight is 334 g/mol. The Balaban J connectivity index is 3.59. The van der Waals surface area contributed by atoms with E-state index in [2.05, 4.69) is 0 Å². The number of aliphatic hydroxyl groups excluding tert-OH is 1. The normalized spacial score (nSPS) is 8.72. The Morgan fingerprint density at radius 1 is 1.08 bits per heavy atom. The van der Waals surface area contributed by atoms with Crippen LogP contribution in [0.15, 0.2) is 41.0 Å². The molecule has 0 spiro atoms. The van der Waals surface area contributed by atoms with E-state index in [0.29, 0.717) is 0 Å². The van der Waals surface area contributed by atoms with Gasteiger partial charge in [0.2, 0.25) is 0 Å². The fourth-order valence-electron chi connectivity index (χ4n) is 1.85. The number of nitrogens with one attached hydrogen (secondary N) is 1. The monoisotopic (exact) mass is 334 g/mol. The van der Waals surface area contributed by atoms with E-state index in [9.17, 15) is 9.59 Å². The summed E-state index contributed by atoms with van der Waals surface area (Å²) in [5.74, 6) is -0.155. The summed E-state index contributed by atoms with van der Waals surface area (Å²) in [5.41, 5.74) is -2.30. The molecule has 2 N–H and O–H groups in total. The first kappa shape index (κ1) is 19.0. The zero-order valence-electron chi connectivity index (χ0n) is 12.7. The molecule has 0 radical (unpaired) electrons. The van der Waals surface area contributed by atoms with E-state index in [1.165, 1.54) is 42.5 Å². The number of carbonyl (C=O) groups excluding carboxylic acids is 2. The number of benzene rings is 1. The zero-order chi connectivity index (χ0) is 18.8. The molecular weight excluding hydrogens is 324 g/mol. The highest BCUT2D eigenvalue weighted by molar-refractivity contribution is 6.19. The number of ether oxygens (including phenoxy) is 1. The predicted octanol–water partition coefficient (Wildman–Crippen LogP) is 1.06. The number of Topliss-reactive ketones (excluding diaryl/α,β-unsaturated/α-hetero) is 1. The highest BCUT2D eigenvalue weighted by Gasteiger charge is 2.26. The Morgan fingerprint density at radius 2 is 1.68 bits per heavy atom. The number of allylic oxidation sites excluding steroid dienone is 3. The second-order valence-corrected chi connectivity index (χ2v) is 4.32. The molecule has 0 amide bonds. The number of hydrogen-bond acceptors (Lipinski definition) is 8. The third-order valence-corrected chi connectivity index (χ3v) is 2.90. The van der Waals surface area contributed by atoms with Gasteiger partial charge in [0.1, 0.15) is 36.0 Å². The van der Waals surface area contributed by atoms with E-state index >= 15 is 0 Å². The highest BCUT2D eigenvalue weighted by Crippen LogP contribution is 2.21. The Labute approximate surface area is 142 Å².